The maximum Gasteiger partial charge on any atom is 0.141 e. The van der Waals surface area contributed by atoms with Crippen LogP contribution < -0.4 is 10.6 Å². The monoisotopic (exact) mass is 438 g/mol. The number of benzene rings is 2. The summed E-state index contributed by atoms with van der Waals surface area (Å²) in [4.78, 5) is 12.5. The lowest BCUT2D eigenvalue weighted by Crippen LogP contribution is -2.02. The molecule has 4 aromatic rings. The van der Waals surface area contributed by atoms with Gasteiger partial charge in [0.2, 0.25) is 0 Å². The first-order valence-corrected chi connectivity index (χ1v) is 10.5. The molecule has 0 fully saturated rings. The Balaban J connectivity index is 1.80. The highest BCUT2D eigenvalue weighted by atomic mass is 35.5. The summed E-state index contributed by atoms with van der Waals surface area (Å²) < 4.78 is 13.5. The van der Waals surface area contributed by atoms with Crippen LogP contribution in [0.1, 0.15) is 11.3 Å². The Labute approximate surface area is 181 Å². The molecule has 0 aliphatic rings. The molecule has 0 spiro atoms. The Morgan fingerprint density at radius 3 is 2.80 bits per heavy atom. The summed E-state index contributed by atoms with van der Waals surface area (Å²) in [6.07, 6.45) is 6.89. The lowest BCUT2D eigenvalue weighted by atomic mass is 10.1. The highest BCUT2D eigenvalue weighted by Gasteiger charge is 2.14. The molecule has 9 heteroatoms. The molecule has 0 radical (unpaired) electrons. The van der Waals surface area contributed by atoms with Crippen LogP contribution in [0.5, 0.6) is 0 Å². The van der Waals surface area contributed by atoms with Crippen molar-refractivity contribution in [3.05, 3.63) is 71.2 Å². The van der Waals surface area contributed by atoms with E-state index in [9.17, 15) is 9.65 Å². The van der Waals surface area contributed by atoms with Gasteiger partial charge in [-0.15, -0.1) is 11.8 Å². The Morgan fingerprint density at radius 1 is 1.23 bits per heavy atom. The second-order valence-corrected chi connectivity index (χ2v) is 7.67. The summed E-state index contributed by atoms with van der Waals surface area (Å²) in [6, 6.07) is 10.5. The molecule has 2 aromatic carbocycles. The first-order valence-electron chi connectivity index (χ1n) is 8.93. The van der Waals surface area contributed by atoms with Crippen molar-refractivity contribution in [3.63, 3.8) is 0 Å². The number of pyridine rings is 1. The third-order valence-electron chi connectivity index (χ3n) is 4.50. The van der Waals surface area contributed by atoms with Crippen LogP contribution in [0, 0.1) is 17.1 Å². The molecule has 0 amide bonds. The fourth-order valence-electron chi connectivity index (χ4n) is 3.04. The van der Waals surface area contributed by atoms with Crippen molar-refractivity contribution in [2.45, 2.75) is 11.4 Å². The van der Waals surface area contributed by atoms with E-state index in [0.29, 0.717) is 23.5 Å². The van der Waals surface area contributed by atoms with Gasteiger partial charge >= 0.3 is 0 Å². The third kappa shape index (κ3) is 4.03. The number of nitrogens with one attached hydrogen (secondary N) is 3. The number of H-pyrrole nitrogens is 1. The second-order valence-electron chi connectivity index (χ2n) is 6.42. The number of rotatable bonds is 6. The molecule has 30 heavy (non-hydrogen) atoms. The van der Waals surface area contributed by atoms with Crippen LogP contribution in [0.4, 0.5) is 21.5 Å². The Hall–Kier alpha value is -3.28. The molecule has 4 rings (SSSR count). The van der Waals surface area contributed by atoms with Crippen molar-refractivity contribution in [3.8, 4) is 6.07 Å². The van der Waals surface area contributed by atoms with E-state index in [0.717, 1.165) is 27.2 Å². The fourth-order valence-corrected chi connectivity index (χ4v) is 3.83. The summed E-state index contributed by atoms with van der Waals surface area (Å²) in [6.45, 7) is 0.570. The minimum atomic E-state index is -0.503. The van der Waals surface area contributed by atoms with Crippen molar-refractivity contribution in [2.24, 2.45) is 0 Å². The molecule has 0 bridgehead atoms. The topological polar surface area (TPSA) is 89.4 Å². The highest BCUT2D eigenvalue weighted by Crippen LogP contribution is 2.36. The molecular formula is C21H16ClFN6S. The Morgan fingerprint density at radius 2 is 2.10 bits per heavy atom. The van der Waals surface area contributed by atoms with E-state index in [4.69, 9.17) is 11.6 Å². The van der Waals surface area contributed by atoms with E-state index in [1.165, 1.54) is 18.3 Å². The summed E-state index contributed by atoms with van der Waals surface area (Å²) in [5.41, 5.74) is 4.13. The normalized spacial score (nSPS) is 10.7. The van der Waals surface area contributed by atoms with Crippen molar-refractivity contribution >= 4 is 51.3 Å². The number of nitrogens with zero attached hydrogens (tertiary/aromatic N) is 3. The highest BCUT2D eigenvalue weighted by molar-refractivity contribution is 7.98. The number of hydrogen-bond donors (Lipinski definition) is 3. The number of halogens is 2. The van der Waals surface area contributed by atoms with Gasteiger partial charge in [0.15, 0.2) is 0 Å². The molecule has 0 saturated carbocycles. The molecule has 0 aliphatic carbocycles. The largest absolute Gasteiger partial charge is 0.379 e. The average molecular weight is 439 g/mol. The van der Waals surface area contributed by atoms with Crippen LogP contribution >= 0.6 is 23.4 Å². The van der Waals surface area contributed by atoms with Crippen molar-refractivity contribution in [1.82, 2.24) is 15.0 Å². The van der Waals surface area contributed by atoms with Gasteiger partial charge < -0.3 is 15.6 Å². The quantitative estimate of drug-likeness (QED) is 0.334. The summed E-state index contributed by atoms with van der Waals surface area (Å²) in [7, 11) is 0. The standard InChI is InChI=1S/C21H16ClFN6S/c1-30-19-6-14(26-10-15-9-25-11-28-15)4-16-20(12(7-24)8-27-21(16)19)29-13-2-3-18(23)17(22)5-13/h2-6,8-9,11,26H,10H2,1H3,(H,25,28)(H,27,29). The number of aromatic amines is 1. The van der Waals surface area contributed by atoms with Crippen LogP contribution in [0.15, 0.2) is 53.9 Å². The molecule has 0 aliphatic heterocycles. The SMILES string of the molecule is CSc1cc(NCc2cnc[nH]2)cc2c(Nc3ccc(F)c(Cl)c3)c(C#N)cnc12. The zero-order chi connectivity index (χ0) is 21.1. The number of nitriles is 1. The predicted molar refractivity (Wildman–Crippen MR) is 119 cm³/mol. The van der Waals surface area contributed by atoms with E-state index in [1.807, 2.05) is 18.4 Å². The number of thioether (sulfide) groups is 1. The average Bonchev–Trinajstić information content (AvgIpc) is 3.28. The van der Waals surface area contributed by atoms with Crippen LogP contribution in [-0.2, 0) is 6.54 Å². The van der Waals surface area contributed by atoms with Crippen LogP contribution in [0.2, 0.25) is 5.02 Å². The molecule has 6 nitrogen and oxygen atoms in total. The third-order valence-corrected chi connectivity index (χ3v) is 5.54. The van der Waals surface area contributed by atoms with E-state index in [-0.39, 0.29) is 5.02 Å². The lowest BCUT2D eigenvalue weighted by Gasteiger charge is -2.15. The molecule has 150 valence electrons. The Kier molecular flexibility index (Phi) is 5.74. The zero-order valence-corrected chi connectivity index (χ0v) is 17.4. The van der Waals surface area contributed by atoms with Gasteiger partial charge in [-0.25, -0.2) is 9.37 Å². The lowest BCUT2D eigenvalue weighted by molar-refractivity contribution is 0.628. The van der Waals surface area contributed by atoms with Gasteiger partial charge in [-0.3, -0.25) is 4.98 Å². The molecule has 0 saturated heterocycles. The number of imidazole rings is 1. The predicted octanol–water partition coefficient (Wildman–Crippen LogP) is 5.70. The van der Waals surface area contributed by atoms with Crippen molar-refractivity contribution < 1.29 is 4.39 Å². The molecular weight excluding hydrogens is 423 g/mol. The molecule has 0 atom stereocenters. The molecule has 0 unspecified atom stereocenters. The first kappa shape index (κ1) is 20.0. The molecule has 3 N–H and O–H groups in total. The maximum absolute atomic E-state index is 13.5. The van der Waals surface area contributed by atoms with Gasteiger partial charge in [-0.2, -0.15) is 5.26 Å². The Bertz CT molecular complexity index is 1250. The summed E-state index contributed by atoms with van der Waals surface area (Å²) in [5.74, 6) is -0.503. The van der Waals surface area contributed by atoms with Crippen LogP contribution in [0.3, 0.4) is 0 Å². The van der Waals surface area contributed by atoms with Gasteiger partial charge in [-0.1, -0.05) is 11.6 Å². The van der Waals surface area contributed by atoms with Crippen LogP contribution in [0.25, 0.3) is 10.9 Å². The van der Waals surface area contributed by atoms with Gasteiger partial charge in [0.25, 0.3) is 0 Å². The van der Waals surface area contributed by atoms with E-state index >= 15 is 0 Å². The summed E-state index contributed by atoms with van der Waals surface area (Å²) in [5, 5.41) is 17.0. The van der Waals surface area contributed by atoms with Gasteiger partial charge in [0.1, 0.15) is 11.9 Å². The summed E-state index contributed by atoms with van der Waals surface area (Å²) >= 11 is 7.49. The smallest absolute Gasteiger partial charge is 0.141 e. The number of hydrogen-bond acceptors (Lipinski definition) is 6. The minimum Gasteiger partial charge on any atom is -0.379 e. The molecule has 2 heterocycles. The van der Waals surface area contributed by atoms with E-state index in [2.05, 4.69) is 31.7 Å². The van der Waals surface area contributed by atoms with Crippen LogP contribution in [-0.4, -0.2) is 21.2 Å². The zero-order valence-electron chi connectivity index (χ0n) is 15.8. The fraction of sp³-hybridized carbons (Fsp3) is 0.0952. The number of fused-ring (bicyclic) bond motifs is 1. The minimum absolute atomic E-state index is 0.00332. The second kappa shape index (κ2) is 8.61. The van der Waals surface area contributed by atoms with Crippen molar-refractivity contribution in [1.29, 1.82) is 5.26 Å². The number of anilines is 3. The van der Waals surface area contributed by atoms with E-state index in [1.54, 1.807) is 30.4 Å². The van der Waals surface area contributed by atoms with Gasteiger partial charge in [0, 0.05) is 34.1 Å². The van der Waals surface area contributed by atoms with E-state index < -0.39 is 5.82 Å². The maximum atomic E-state index is 13.5. The van der Waals surface area contributed by atoms with Gasteiger partial charge in [-0.05, 0) is 36.6 Å². The molecule has 2 aromatic heterocycles. The van der Waals surface area contributed by atoms with Gasteiger partial charge in [0.05, 0.1) is 40.4 Å². The van der Waals surface area contributed by atoms with Crippen molar-refractivity contribution in [2.75, 3.05) is 16.9 Å². The number of aromatic nitrogens is 3. The first-order chi connectivity index (χ1) is 14.6.